The smallest absolute Gasteiger partial charge is 0.164 e. The van der Waals surface area contributed by atoms with E-state index in [0.717, 1.165) is 55.2 Å². The minimum atomic E-state index is -0.549. The molecule has 6 nitrogen and oxygen atoms in total. The number of benzene rings is 6. The van der Waals surface area contributed by atoms with E-state index in [9.17, 15) is 0 Å². The van der Waals surface area contributed by atoms with Gasteiger partial charge in [0.15, 0.2) is 17.5 Å². The van der Waals surface area contributed by atoms with Crippen molar-refractivity contribution >= 4 is 11.8 Å². The molecule has 7 heteroatoms. The monoisotopic (exact) mass is 810 g/mol. The molecule has 1 spiro atoms. The molecule has 2 aliphatic rings. The predicted octanol–water partition coefficient (Wildman–Crippen LogP) is 12.9. The van der Waals surface area contributed by atoms with Crippen molar-refractivity contribution in [1.29, 1.82) is 0 Å². The Morgan fingerprint density at radius 3 is 1.26 bits per heavy atom. The second-order valence-electron chi connectivity index (χ2n) is 15.5. The Labute approximate surface area is 363 Å². The molecule has 0 N–H and O–H groups in total. The van der Waals surface area contributed by atoms with Gasteiger partial charge in [-0.15, -0.1) is 0 Å². The maximum atomic E-state index is 5.14. The van der Waals surface area contributed by atoms with Crippen molar-refractivity contribution in [2.24, 2.45) is 0 Å². The van der Waals surface area contributed by atoms with Gasteiger partial charge in [0.25, 0.3) is 0 Å². The lowest BCUT2D eigenvalue weighted by molar-refractivity contribution is 0.722. The molecule has 290 valence electrons. The van der Waals surface area contributed by atoms with Crippen LogP contribution in [-0.2, 0) is 5.41 Å². The van der Waals surface area contributed by atoms with Crippen molar-refractivity contribution in [3.63, 3.8) is 0 Å². The lowest BCUT2D eigenvalue weighted by atomic mass is 9.67. The van der Waals surface area contributed by atoms with E-state index < -0.39 is 5.41 Å². The molecule has 0 radical (unpaired) electrons. The lowest BCUT2D eigenvalue weighted by Gasteiger charge is -2.40. The zero-order valence-corrected chi connectivity index (χ0v) is 34.0. The molecule has 12 rings (SSSR count). The van der Waals surface area contributed by atoms with E-state index in [2.05, 4.69) is 107 Å². The van der Waals surface area contributed by atoms with Gasteiger partial charge in [-0.05, 0) is 93.0 Å². The zero-order valence-electron chi connectivity index (χ0n) is 33.2. The van der Waals surface area contributed by atoms with Crippen LogP contribution in [0.1, 0.15) is 22.3 Å². The van der Waals surface area contributed by atoms with Crippen LogP contribution in [0.15, 0.2) is 217 Å². The molecular formula is C55H34N6S. The van der Waals surface area contributed by atoms with Crippen molar-refractivity contribution in [3.05, 3.63) is 229 Å². The predicted molar refractivity (Wildman–Crippen MR) is 247 cm³/mol. The summed E-state index contributed by atoms with van der Waals surface area (Å²) in [6.07, 6.45) is 7.26. The number of hydrogen-bond donors (Lipinski definition) is 0. The Bertz CT molecular complexity index is 2980. The molecular weight excluding hydrogens is 777 g/mol. The molecule has 5 heterocycles. The van der Waals surface area contributed by atoms with Gasteiger partial charge in [0.05, 0.1) is 16.8 Å². The van der Waals surface area contributed by atoms with Crippen LogP contribution in [0.3, 0.4) is 0 Å². The maximum Gasteiger partial charge on any atom is 0.164 e. The first-order chi connectivity index (χ1) is 30.7. The highest BCUT2D eigenvalue weighted by molar-refractivity contribution is 7.99. The molecule has 62 heavy (non-hydrogen) atoms. The number of aromatic nitrogens is 6. The molecule has 0 unspecified atom stereocenters. The third-order valence-corrected chi connectivity index (χ3v) is 13.1. The molecule has 0 fully saturated rings. The SMILES string of the molecule is c1ccc(-c2nc(-c3ccccc3)nc(-c3ccc4c(c3)Sc3cc(-c5cc(-c6ccncc6)nc(-c6ccncc6)c5)ccc3C43c4ccccc4-c4ccccc43)n2)cc1. The molecule has 0 amide bonds. The first kappa shape index (κ1) is 36.0. The highest BCUT2D eigenvalue weighted by Gasteiger charge is 2.50. The minimum Gasteiger partial charge on any atom is -0.265 e. The summed E-state index contributed by atoms with van der Waals surface area (Å²) < 4.78 is 0. The van der Waals surface area contributed by atoms with Crippen LogP contribution >= 0.6 is 11.8 Å². The van der Waals surface area contributed by atoms with Gasteiger partial charge in [-0.25, -0.2) is 19.9 Å². The van der Waals surface area contributed by atoms with Gasteiger partial charge in [-0.1, -0.05) is 145 Å². The van der Waals surface area contributed by atoms with Gasteiger partial charge < -0.3 is 0 Å². The summed E-state index contributed by atoms with van der Waals surface area (Å²) in [6, 6.07) is 64.3. The van der Waals surface area contributed by atoms with Crippen molar-refractivity contribution in [2.75, 3.05) is 0 Å². The molecule has 10 aromatic rings. The standard InChI is InChI=1S/C55H34N6S/c1-3-11-37(12-4-1)52-59-53(38-13-5-2-6-14-38)61-54(60-52)40-20-22-47-51(34-40)62-50-33-39(19-21-46(50)55(47)44-17-9-7-15-42(44)43-16-8-10-18-45(43)55)41-31-48(35-23-27-56-28-24-35)58-49(32-41)36-25-29-57-30-26-36/h1-34H. The van der Waals surface area contributed by atoms with E-state index in [4.69, 9.17) is 19.9 Å². The quantitative estimate of drug-likeness (QED) is 0.165. The van der Waals surface area contributed by atoms with Crippen LogP contribution in [0, 0.1) is 0 Å². The summed E-state index contributed by atoms with van der Waals surface area (Å²) in [6.45, 7) is 0. The molecule has 0 bridgehead atoms. The Balaban J connectivity index is 1.07. The van der Waals surface area contributed by atoms with Crippen molar-refractivity contribution in [3.8, 4) is 78.9 Å². The first-order valence-corrected chi connectivity index (χ1v) is 21.4. The number of pyridine rings is 3. The second kappa shape index (κ2) is 14.7. The van der Waals surface area contributed by atoms with Crippen LogP contribution in [0.4, 0.5) is 0 Å². The number of hydrogen-bond acceptors (Lipinski definition) is 7. The van der Waals surface area contributed by atoms with E-state index in [1.807, 2.05) is 121 Å². The lowest BCUT2D eigenvalue weighted by Crippen LogP contribution is -2.32. The van der Waals surface area contributed by atoms with Crippen molar-refractivity contribution < 1.29 is 0 Å². The topological polar surface area (TPSA) is 77.3 Å². The van der Waals surface area contributed by atoms with Crippen molar-refractivity contribution in [2.45, 2.75) is 15.2 Å². The Morgan fingerprint density at radius 1 is 0.306 bits per heavy atom. The normalized spacial score (nSPS) is 12.9. The fourth-order valence-corrected chi connectivity index (χ4v) is 10.5. The highest BCUT2D eigenvalue weighted by Crippen LogP contribution is 2.62. The van der Waals surface area contributed by atoms with Crippen LogP contribution in [0.2, 0.25) is 0 Å². The summed E-state index contributed by atoms with van der Waals surface area (Å²) in [4.78, 5) is 31.3. The summed E-state index contributed by atoms with van der Waals surface area (Å²) >= 11 is 1.81. The maximum absolute atomic E-state index is 5.14. The highest BCUT2D eigenvalue weighted by atomic mass is 32.2. The molecule has 0 atom stereocenters. The van der Waals surface area contributed by atoms with E-state index in [1.54, 1.807) is 0 Å². The summed E-state index contributed by atoms with van der Waals surface area (Å²) in [7, 11) is 0. The number of fused-ring (bicyclic) bond motifs is 9. The third kappa shape index (κ3) is 5.89. The van der Waals surface area contributed by atoms with E-state index in [-0.39, 0.29) is 0 Å². The first-order valence-electron chi connectivity index (χ1n) is 20.6. The van der Waals surface area contributed by atoms with Gasteiger partial charge in [-0.2, -0.15) is 0 Å². The second-order valence-corrected chi connectivity index (χ2v) is 16.6. The zero-order chi connectivity index (χ0) is 41.0. The van der Waals surface area contributed by atoms with Gasteiger partial charge in [0.1, 0.15) is 0 Å². The Morgan fingerprint density at radius 2 is 0.742 bits per heavy atom. The molecule has 1 aliphatic carbocycles. The number of rotatable bonds is 6. The average Bonchev–Trinajstić information content (AvgIpc) is 3.65. The largest absolute Gasteiger partial charge is 0.265 e. The van der Waals surface area contributed by atoms with Gasteiger partial charge in [-0.3, -0.25) is 9.97 Å². The summed E-state index contributed by atoms with van der Waals surface area (Å²) in [5, 5.41) is 0. The molecule has 6 aromatic carbocycles. The van der Waals surface area contributed by atoms with Crippen LogP contribution in [-0.4, -0.2) is 29.9 Å². The van der Waals surface area contributed by atoms with Gasteiger partial charge in [0.2, 0.25) is 0 Å². The van der Waals surface area contributed by atoms with Crippen LogP contribution in [0.5, 0.6) is 0 Å². The molecule has 0 saturated heterocycles. The van der Waals surface area contributed by atoms with Gasteiger partial charge >= 0.3 is 0 Å². The van der Waals surface area contributed by atoms with E-state index >= 15 is 0 Å². The Hall–Kier alpha value is -7.87. The molecule has 1 aliphatic heterocycles. The molecule has 4 aromatic heterocycles. The average molecular weight is 811 g/mol. The van der Waals surface area contributed by atoms with Gasteiger partial charge in [0, 0.05) is 62.4 Å². The van der Waals surface area contributed by atoms with Crippen molar-refractivity contribution in [1.82, 2.24) is 29.9 Å². The van der Waals surface area contributed by atoms with Crippen LogP contribution in [0.25, 0.3) is 78.9 Å². The summed E-state index contributed by atoms with van der Waals surface area (Å²) in [5.41, 5.74) is 15.8. The van der Waals surface area contributed by atoms with Crippen LogP contribution < -0.4 is 0 Å². The van der Waals surface area contributed by atoms with E-state index in [0.29, 0.717) is 17.5 Å². The summed E-state index contributed by atoms with van der Waals surface area (Å²) in [5.74, 6) is 1.91. The minimum absolute atomic E-state index is 0.549. The number of nitrogens with zero attached hydrogens (tertiary/aromatic N) is 6. The molecule has 0 saturated carbocycles. The Kier molecular flexibility index (Phi) is 8.54. The fraction of sp³-hybridized carbons (Fsp3) is 0.0182. The third-order valence-electron chi connectivity index (χ3n) is 12.0. The van der Waals surface area contributed by atoms with E-state index in [1.165, 1.54) is 38.3 Å². The fourth-order valence-electron chi connectivity index (χ4n) is 9.21.